The van der Waals surface area contributed by atoms with Crippen molar-refractivity contribution in [2.24, 2.45) is 5.92 Å². The number of aryl methyl sites for hydroxylation is 1. The van der Waals surface area contributed by atoms with E-state index in [4.69, 9.17) is 0 Å². The third-order valence-electron chi connectivity index (χ3n) is 4.01. The van der Waals surface area contributed by atoms with Gasteiger partial charge in [-0.25, -0.2) is 15.0 Å². The molecule has 7 nitrogen and oxygen atoms in total. The molecule has 3 heterocycles. The van der Waals surface area contributed by atoms with E-state index in [2.05, 4.69) is 30.2 Å². The van der Waals surface area contributed by atoms with Gasteiger partial charge in [0.15, 0.2) is 0 Å². The molecule has 0 aromatic carbocycles. The second kappa shape index (κ2) is 7.13. The largest absolute Gasteiger partial charge is 0.350 e. The van der Waals surface area contributed by atoms with Crippen LogP contribution in [-0.4, -0.2) is 45.5 Å². The molecule has 0 bridgehead atoms. The van der Waals surface area contributed by atoms with E-state index in [1.807, 2.05) is 13.0 Å². The molecule has 3 rings (SSSR count). The SMILES string of the molecule is Cc1cnc(C(=O)NCC2CCN(c3ncccn3)CC2)cn1. The monoisotopic (exact) mass is 312 g/mol. The first kappa shape index (κ1) is 15.3. The molecule has 0 saturated carbocycles. The van der Waals surface area contributed by atoms with Gasteiger partial charge in [0.25, 0.3) is 5.91 Å². The molecule has 0 spiro atoms. The van der Waals surface area contributed by atoms with Crippen molar-refractivity contribution in [3.8, 4) is 0 Å². The standard InChI is InChI=1S/C16H20N6O/c1-12-9-20-14(11-19-12)15(23)21-10-13-3-7-22(8-4-13)16-17-5-2-6-18-16/h2,5-6,9,11,13H,3-4,7-8,10H2,1H3,(H,21,23). The molecule has 1 aliphatic rings. The molecule has 1 amide bonds. The van der Waals surface area contributed by atoms with Crippen molar-refractivity contribution in [2.75, 3.05) is 24.5 Å². The second-order valence-electron chi connectivity index (χ2n) is 5.73. The maximum absolute atomic E-state index is 12.0. The molecule has 0 aliphatic carbocycles. The highest BCUT2D eigenvalue weighted by molar-refractivity contribution is 5.91. The number of aromatic nitrogens is 4. The van der Waals surface area contributed by atoms with E-state index in [1.54, 1.807) is 18.6 Å². The number of carbonyl (C=O) groups excluding carboxylic acids is 1. The third-order valence-corrected chi connectivity index (χ3v) is 4.01. The summed E-state index contributed by atoms with van der Waals surface area (Å²) >= 11 is 0. The molecule has 1 aliphatic heterocycles. The lowest BCUT2D eigenvalue weighted by Gasteiger charge is -2.31. The molecule has 2 aromatic rings. The fourth-order valence-electron chi connectivity index (χ4n) is 2.63. The summed E-state index contributed by atoms with van der Waals surface area (Å²) in [6.45, 7) is 4.33. The van der Waals surface area contributed by atoms with Gasteiger partial charge in [0, 0.05) is 38.2 Å². The summed E-state index contributed by atoms with van der Waals surface area (Å²) in [4.78, 5) is 31.0. The zero-order valence-electron chi connectivity index (χ0n) is 13.1. The van der Waals surface area contributed by atoms with Gasteiger partial charge in [0.1, 0.15) is 5.69 Å². The van der Waals surface area contributed by atoms with Gasteiger partial charge in [0.2, 0.25) is 5.95 Å². The molecule has 1 fully saturated rings. The Labute approximate surface area is 135 Å². The number of anilines is 1. The van der Waals surface area contributed by atoms with E-state index in [1.165, 1.54) is 6.20 Å². The third kappa shape index (κ3) is 4.00. The number of rotatable bonds is 4. The zero-order valence-corrected chi connectivity index (χ0v) is 13.1. The Bertz CT molecular complexity index is 637. The number of piperidine rings is 1. The predicted octanol–water partition coefficient (Wildman–Crippen LogP) is 1.22. The van der Waals surface area contributed by atoms with Crippen molar-refractivity contribution in [1.82, 2.24) is 25.3 Å². The minimum Gasteiger partial charge on any atom is -0.350 e. The van der Waals surface area contributed by atoms with Crippen molar-refractivity contribution in [1.29, 1.82) is 0 Å². The Morgan fingerprint density at radius 2 is 1.91 bits per heavy atom. The fraction of sp³-hybridized carbons (Fsp3) is 0.438. The van der Waals surface area contributed by atoms with Crippen LogP contribution in [0, 0.1) is 12.8 Å². The van der Waals surface area contributed by atoms with E-state index in [0.717, 1.165) is 37.6 Å². The summed E-state index contributed by atoms with van der Waals surface area (Å²) in [5.41, 5.74) is 1.17. The molecule has 1 N–H and O–H groups in total. The summed E-state index contributed by atoms with van der Waals surface area (Å²) in [7, 11) is 0. The molecule has 2 aromatic heterocycles. The molecular formula is C16H20N6O. The van der Waals surface area contributed by atoms with Gasteiger partial charge in [0.05, 0.1) is 11.9 Å². The van der Waals surface area contributed by atoms with Gasteiger partial charge in [-0.2, -0.15) is 0 Å². The van der Waals surface area contributed by atoms with Crippen molar-refractivity contribution in [2.45, 2.75) is 19.8 Å². The minimum absolute atomic E-state index is 0.161. The fourth-order valence-corrected chi connectivity index (χ4v) is 2.63. The van der Waals surface area contributed by atoms with Crippen molar-refractivity contribution >= 4 is 11.9 Å². The van der Waals surface area contributed by atoms with Gasteiger partial charge in [-0.3, -0.25) is 9.78 Å². The zero-order chi connectivity index (χ0) is 16.1. The van der Waals surface area contributed by atoms with Crippen LogP contribution in [0.5, 0.6) is 0 Å². The average molecular weight is 312 g/mol. The highest BCUT2D eigenvalue weighted by Gasteiger charge is 2.21. The molecule has 0 atom stereocenters. The first-order valence-electron chi connectivity index (χ1n) is 7.81. The number of amides is 1. The van der Waals surface area contributed by atoms with Gasteiger partial charge < -0.3 is 10.2 Å². The van der Waals surface area contributed by atoms with Gasteiger partial charge in [-0.1, -0.05) is 0 Å². The number of hydrogen-bond acceptors (Lipinski definition) is 6. The van der Waals surface area contributed by atoms with Gasteiger partial charge in [-0.15, -0.1) is 0 Å². The van der Waals surface area contributed by atoms with E-state index in [9.17, 15) is 4.79 Å². The first-order valence-corrected chi connectivity index (χ1v) is 7.81. The number of hydrogen-bond donors (Lipinski definition) is 1. The first-order chi connectivity index (χ1) is 11.2. The van der Waals surface area contributed by atoms with Crippen LogP contribution in [0.4, 0.5) is 5.95 Å². The molecule has 0 unspecified atom stereocenters. The Morgan fingerprint density at radius 3 is 2.57 bits per heavy atom. The van der Waals surface area contributed by atoms with Crippen LogP contribution >= 0.6 is 0 Å². The van der Waals surface area contributed by atoms with Crippen LogP contribution in [-0.2, 0) is 0 Å². The molecule has 23 heavy (non-hydrogen) atoms. The number of nitrogens with zero attached hydrogens (tertiary/aromatic N) is 5. The average Bonchev–Trinajstić information content (AvgIpc) is 2.61. The van der Waals surface area contributed by atoms with E-state index < -0.39 is 0 Å². The molecule has 0 radical (unpaired) electrons. The van der Waals surface area contributed by atoms with Crippen LogP contribution in [0.25, 0.3) is 0 Å². The molecule has 120 valence electrons. The maximum Gasteiger partial charge on any atom is 0.271 e. The Hall–Kier alpha value is -2.57. The van der Waals surface area contributed by atoms with Crippen LogP contribution in [0.15, 0.2) is 30.9 Å². The normalized spacial score (nSPS) is 15.4. The Morgan fingerprint density at radius 1 is 1.17 bits per heavy atom. The summed E-state index contributed by atoms with van der Waals surface area (Å²) < 4.78 is 0. The van der Waals surface area contributed by atoms with Crippen molar-refractivity contribution in [3.63, 3.8) is 0 Å². The van der Waals surface area contributed by atoms with Gasteiger partial charge >= 0.3 is 0 Å². The maximum atomic E-state index is 12.0. The van der Waals surface area contributed by atoms with E-state index in [0.29, 0.717) is 18.2 Å². The summed E-state index contributed by atoms with van der Waals surface area (Å²) in [5, 5.41) is 2.95. The van der Waals surface area contributed by atoms with E-state index in [-0.39, 0.29) is 5.91 Å². The number of carbonyl (C=O) groups is 1. The lowest BCUT2D eigenvalue weighted by Crippen LogP contribution is -2.39. The second-order valence-corrected chi connectivity index (χ2v) is 5.73. The quantitative estimate of drug-likeness (QED) is 0.914. The molecular weight excluding hydrogens is 292 g/mol. The summed E-state index contributed by atoms with van der Waals surface area (Å²) in [6, 6.07) is 1.82. The van der Waals surface area contributed by atoms with Crippen molar-refractivity contribution in [3.05, 3.63) is 42.2 Å². The highest BCUT2D eigenvalue weighted by atomic mass is 16.1. The highest BCUT2D eigenvalue weighted by Crippen LogP contribution is 2.19. The summed E-state index contributed by atoms with van der Waals surface area (Å²) in [5.74, 6) is 1.09. The van der Waals surface area contributed by atoms with Crippen LogP contribution in [0.1, 0.15) is 29.0 Å². The van der Waals surface area contributed by atoms with Crippen molar-refractivity contribution < 1.29 is 4.79 Å². The van der Waals surface area contributed by atoms with Crippen LogP contribution < -0.4 is 10.2 Å². The Balaban J connectivity index is 1.46. The number of nitrogens with one attached hydrogen (secondary N) is 1. The van der Waals surface area contributed by atoms with E-state index >= 15 is 0 Å². The van der Waals surface area contributed by atoms with Crippen LogP contribution in [0.2, 0.25) is 0 Å². The van der Waals surface area contributed by atoms with Gasteiger partial charge in [-0.05, 0) is 31.7 Å². The minimum atomic E-state index is -0.161. The topological polar surface area (TPSA) is 83.9 Å². The lowest BCUT2D eigenvalue weighted by molar-refractivity contribution is 0.0939. The molecule has 1 saturated heterocycles. The van der Waals surface area contributed by atoms with Crippen LogP contribution in [0.3, 0.4) is 0 Å². The molecule has 7 heteroatoms. The predicted molar refractivity (Wildman–Crippen MR) is 86.1 cm³/mol. The lowest BCUT2D eigenvalue weighted by atomic mass is 9.97. The Kier molecular flexibility index (Phi) is 4.75. The summed E-state index contributed by atoms with van der Waals surface area (Å²) in [6.07, 6.45) is 8.66. The smallest absolute Gasteiger partial charge is 0.271 e.